The van der Waals surface area contributed by atoms with Crippen LogP contribution in [0.2, 0.25) is 10.0 Å². The molecule has 1 fully saturated rings. The van der Waals surface area contributed by atoms with Crippen LogP contribution in [0.3, 0.4) is 0 Å². The van der Waals surface area contributed by atoms with Gasteiger partial charge in [-0.2, -0.15) is 0 Å². The maximum absolute atomic E-state index is 6.13. The van der Waals surface area contributed by atoms with Gasteiger partial charge in [0.15, 0.2) is 0 Å². The average molecular weight is 470 g/mol. The Morgan fingerprint density at radius 3 is 2.59 bits per heavy atom. The van der Waals surface area contributed by atoms with Crippen LogP contribution in [0.4, 0.5) is 0 Å². The lowest BCUT2D eigenvalue weighted by Gasteiger charge is -2.36. The fourth-order valence-corrected chi connectivity index (χ4v) is 5.18. The lowest BCUT2D eigenvalue weighted by atomic mass is 9.82. The zero-order valence-electron chi connectivity index (χ0n) is 18.2. The lowest BCUT2D eigenvalue weighted by molar-refractivity contribution is -0.0628. The van der Waals surface area contributed by atoms with Crippen LogP contribution in [-0.4, -0.2) is 30.7 Å². The van der Waals surface area contributed by atoms with Crippen LogP contribution < -0.4 is 4.74 Å². The predicted octanol–water partition coefficient (Wildman–Crippen LogP) is 6.47. The first-order chi connectivity index (χ1) is 15.6. The number of rotatable bonds is 7. The number of allylic oxidation sites excluding steroid dienone is 3. The topological polar surface area (TPSA) is 21.7 Å². The molecule has 1 aliphatic carbocycles. The Kier molecular flexibility index (Phi) is 6.89. The molecule has 2 heterocycles. The lowest BCUT2D eigenvalue weighted by Crippen LogP contribution is -2.38. The molecule has 1 saturated heterocycles. The molecule has 5 heteroatoms. The van der Waals surface area contributed by atoms with Crippen LogP contribution in [0.25, 0.3) is 0 Å². The van der Waals surface area contributed by atoms with E-state index in [1.54, 1.807) is 0 Å². The molecule has 3 atom stereocenters. The molecule has 0 N–H and O–H groups in total. The summed E-state index contributed by atoms with van der Waals surface area (Å²) < 4.78 is 11.8. The summed E-state index contributed by atoms with van der Waals surface area (Å²) in [6.45, 7) is 4.58. The van der Waals surface area contributed by atoms with Gasteiger partial charge in [0, 0.05) is 26.2 Å². The molecule has 168 valence electrons. The first-order valence-electron chi connectivity index (χ1n) is 11.5. The van der Waals surface area contributed by atoms with E-state index < -0.39 is 0 Å². The molecule has 3 nitrogen and oxygen atoms in total. The van der Waals surface area contributed by atoms with E-state index >= 15 is 0 Å². The van der Waals surface area contributed by atoms with Crippen molar-refractivity contribution in [1.29, 1.82) is 0 Å². The van der Waals surface area contributed by atoms with Gasteiger partial charge >= 0.3 is 0 Å². The van der Waals surface area contributed by atoms with Crippen molar-refractivity contribution in [3.8, 4) is 5.75 Å². The van der Waals surface area contributed by atoms with Gasteiger partial charge in [0.2, 0.25) is 0 Å². The number of fused-ring (bicyclic) bond motifs is 1. The molecule has 0 spiro atoms. The minimum atomic E-state index is 0.455. The van der Waals surface area contributed by atoms with Gasteiger partial charge in [-0.25, -0.2) is 0 Å². The third-order valence-electron chi connectivity index (χ3n) is 6.83. The van der Waals surface area contributed by atoms with E-state index in [1.807, 2.05) is 18.2 Å². The Morgan fingerprint density at radius 2 is 1.81 bits per heavy atom. The highest BCUT2D eigenvalue weighted by atomic mass is 35.5. The summed E-state index contributed by atoms with van der Waals surface area (Å²) in [7, 11) is 0. The molecule has 2 aromatic carbocycles. The number of hydrogen-bond donors (Lipinski definition) is 0. The fourth-order valence-electron chi connectivity index (χ4n) is 4.85. The van der Waals surface area contributed by atoms with Crippen molar-refractivity contribution in [2.45, 2.75) is 38.5 Å². The molecule has 0 aromatic heterocycles. The van der Waals surface area contributed by atoms with E-state index in [9.17, 15) is 0 Å². The van der Waals surface area contributed by atoms with Crippen LogP contribution >= 0.6 is 23.2 Å². The molecular formula is C27H29Cl2NO2. The standard InChI is InChI=1S/C27H29Cl2NO2/c28-26-8-5-19(13-27(26)29)18-32-24-7-6-20-9-11-30(17-23(20)15-24)16-22-4-2-1-3-21(22)14-25-10-12-31-25/h1-8,13,15,21-22,25H,9-12,14,16-18H2/t21-,22?,25?/m1/s1. The highest BCUT2D eigenvalue weighted by Crippen LogP contribution is 2.32. The molecule has 2 aromatic rings. The van der Waals surface area contributed by atoms with Crippen molar-refractivity contribution in [3.63, 3.8) is 0 Å². The second-order valence-corrected chi connectivity index (χ2v) is 9.88. The van der Waals surface area contributed by atoms with Gasteiger partial charge in [0.1, 0.15) is 12.4 Å². The maximum atomic E-state index is 6.13. The smallest absolute Gasteiger partial charge is 0.120 e. The van der Waals surface area contributed by atoms with E-state index in [0.717, 1.165) is 50.4 Å². The molecular weight excluding hydrogens is 441 g/mol. The zero-order valence-corrected chi connectivity index (χ0v) is 19.7. The largest absolute Gasteiger partial charge is 0.489 e. The molecule has 2 unspecified atom stereocenters. The van der Waals surface area contributed by atoms with E-state index in [-0.39, 0.29) is 0 Å². The van der Waals surface area contributed by atoms with Gasteiger partial charge in [-0.15, -0.1) is 0 Å². The number of nitrogens with zero attached hydrogens (tertiary/aromatic N) is 1. The first-order valence-corrected chi connectivity index (χ1v) is 12.3. The molecule has 0 radical (unpaired) electrons. The van der Waals surface area contributed by atoms with Crippen LogP contribution in [-0.2, 0) is 24.3 Å². The number of ether oxygens (including phenoxy) is 2. The highest BCUT2D eigenvalue weighted by molar-refractivity contribution is 6.42. The summed E-state index contributed by atoms with van der Waals surface area (Å²) in [5.74, 6) is 2.03. The minimum absolute atomic E-state index is 0.455. The van der Waals surface area contributed by atoms with Crippen molar-refractivity contribution >= 4 is 23.2 Å². The van der Waals surface area contributed by atoms with E-state index in [4.69, 9.17) is 32.7 Å². The van der Waals surface area contributed by atoms with Crippen molar-refractivity contribution in [2.24, 2.45) is 11.8 Å². The number of benzene rings is 2. The molecule has 0 amide bonds. The van der Waals surface area contributed by atoms with Gasteiger partial charge in [-0.05, 0) is 72.1 Å². The van der Waals surface area contributed by atoms with Crippen molar-refractivity contribution in [1.82, 2.24) is 4.90 Å². The average Bonchev–Trinajstić information content (AvgIpc) is 2.78. The Labute approximate surface area is 200 Å². The summed E-state index contributed by atoms with van der Waals surface area (Å²) in [6.07, 6.45) is 13.1. The van der Waals surface area contributed by atoms with E-state index in [2.05, 4.69) is 47.4 Å². The Hall–Kier alpha value is -1.78. The number of hydrogen-bond acceptors (Lipinski definition) is 3. The Bertz CT molecular complexity index is 1010. The van der Waals surface area contributed by atoms with Crippen molar-refractivity contribution < 1.29 is 9.47 Å². The van der Waals surface area contributed by atoms with Crippen LogP contribution in [0, 0.1) is 11.8 Å². The molecule has 2 aliphatic heterocycles. The molecule has 5 rings (SSSR count). The van der Waals surface area contributed by atoms with Crippen molar-refractivity contribution in [2.75, 3.05) is 19.7 Å². The number of halogens is 2. The second kappa shape index (κ2) is 10.0. The summed E-state index contributed by atoms with van der Waals surface area (Å²) >= 11 is 12.1. The van der Waals surface area contributed by atoms with Crippen LogP contribution in [0.5, 0.6) is 5.75 Å². The summed E-state index contributed by atoms with van der Waals surface area (Å²) in [5.41, 5.74) is 3.82. The zero-order chi connectivity index (χ0) is 21.9. The first kappa shape index (κ1) is 22.0. The summed E-state index contributed by atoms with van der Waals surface area (Å²) in [5, 5.41) is 1.12. The van der Waals surface area contributed by atoms with Gasteiger partial charge < -0.3 is 9.47 Å². The minimum Gasteiger partial charge on any atom is -0.489 e. The quantitative estimate of drug-likeness (QED) is 0.463. The summed E-state index contributed by atoms with van der Waals surface area (Å²) in [4.78, 5) is 2.59. The SMILES string of the molecule is Clc1ccc(COc2ccc3c(c2)CN(CC2C=CC=C[C@@H]2CC2CCO2)CC3)cc1Cl. The van der Waals surface area contributed by atoms with E-state index in [1.165, 1.54) is 17.5 Å². The van der Waals surface area contributed by atoms with Gasteiger partial charge in [0.25, 0.3) is 0 Å². The third-order valence-corrected chi connectivity index (χ3v) is 7.57. The monoisotopic (exact) mass is 469 g/mol. The molecule has 0 saturated carbocycles. The Morgan fingerprint density at radius 1 is 0.969 bits per heavy atom. The second-order valence-electron chi connectivity index (χ2n) is 9.07. The van der Waals surface area contributed by atoms with Gasteiger partial charge in [0.05, 0.1) is 16.1 Å². The third kappa shape index (κ3) is 5.23. The van der Waals surface area contributed by atoms with Crippen LogP contribution in [0.15, 0.2) is 60.7 Å². The van der Waals surface area contributed by atoms with E-state index in [0.29, 0.717) is 34.6 Å². The van der Waals surface area contributed by atoms with Crippen molar-refractivity contribution in [3.05, 3.63) is 87.4 Å². The highest BCUT2D eigenvalue weighted by Gasteiger charge is 2.28. The van der Waals surface area contributed by atoms with Gasteiger partial charge in [-0.3, -0.25) is 4.90 Å². The maximum Gasteiger partial charge on any atom is 0.120 e. The van der Waals surface area contributed by atoms with Crippen LogP contribution in [0.1, 0.15) is 29.5 Å². The van der Waals surface area contributed by atoms with Gasteiger partial charge in [-0.1, -0.05) is 59.6 Å². The predicted molar refractivity (Wildman–Crippen MR) is 130 cm³/mol. The fraction of sp³-hybridized carbons (Fsp3) is 0.407. The molecule has 3 aliphatic rings. The summed E-state index contributed by atoms with van der Waals surface area (Å²) in [6, 6.07) is 12.1. The Balaban J connectivity index is 1.20. The molecule has 0 bridgehead atoms. The normalized spacial score (nSPS) is 24.8. The molecule has 32 heavy (non-hydrogen) atoms.